The Hall–Kier alpha value is -1.21. The van der Waals surface area contributed by atoms with Gasteiger partial charge in [-0.1, -0.05) is 0 Å². The van der Waals surface area contributed by atoms with Crippen molar-refractivity contribution in [1.82, 2.24) is 10.2 Å². The maximum atomic E-state index is 14.0. The lowest BCUT2D eigenvalue weighted by molar-refractivity contribution is -0.137. The van der Waals surface area contributed by atoms with Gasteiger partial charge in [0.2, 0.25) is 0 Å². The molecule has 1 aromatic carbocycles. The summed E-state index contributed by atoms with van der Waals surface area (Å²) in [4.78, 5) is 1.83. The van der Waals surface area contributed by atoms with Crippen LogP contribution in [0.1, 0.15) is 23.6 Å². The van der Waals surface area contributed by atoms with Gasteiger partial charge in [0.15, 0.2) is 0 Å². The lowest BCUT2D eigenvalue weighted by Crippen LogP contribution is -2.45. The molecule has 1 atom stereocenters. The molecule has 0 amide bonds. The highest BCUT2D eigenvalue weighted by atomic mass is 19.4. The van der Waals surface area contributed by atoms with Crippen molar-refractivity contribution in [3.63, 3.8) is 0 Å². The van der Waals surface area contributed by atoms with E-state index in [0.29, 0.717) is 32.2 Å². The second-order valence-electron chi connectivity index (χ2n) is 5.01. The molecular weight excluding hydrogens is 291 g/mol. The van der Waals surface area contributed by atoms with E-state index in [-0.39, 0.29) is 12.0 Å². The van der Waals surface area contributed by atoms with Crippen LogP contribution in [0.3, 0.4) is 0 Å². The molecule has 1 heterocycles. The van der Waals surface area contributed by atoms with Crippen LogP contribution in [-0.2, 0) is 6.18 Å². The first-order valence-corrected chi connectivity index (χ1v) is 6.81. The van der Waals surface area contributed by atoms with Crippen molar-refractivity contribution in [2.24, 2.45) is 0 Å². The minimum atomic E-state index is -4.54. The molecule has 0 aromatic heterocycles. The Bertz CT molecular complexity index is 469. The van der Waals surface area contributed by atoms with Crippen molar-refractivity contribution in [3.8, 4) is 0 Å². The number of piperazine rings is 1. The van der Waals surface area contributed by atoms with E-state index >= 15 is 0 Å². The Morgan fingerprint density at radius 2 is 1.86 bits per heavy atom. The molecule has 1 fully saturated rings. The minimum Gasteiger partial charge on any atom is -0.314 e. The molecule has 118 valence electrons. The Labute approximate surface area is 119 Å². The quantitative estimate of drug-likeness (QED) is 0.860. The average Bonchev–Trinajstić information content (AvgIpc) is 2.45. The Kier molecular flexibility index (Phi) is 5.16. The minimum absolute atomic E-state index is 0.0156. The van der Waals surface area contributed by atoms with Gasteiger partial charge in [-0.2, -0.15) is 13.2 Å². The van der Waals surface area contributed by atoms with E-state index in [9.17, 15) is 22.0 Å². The van der Waals surface area contributed by atoms with E-state index in [1.165, 1.54) is 0 Å². The highest BCUT2D eigenvalue weighted by molar-refractivity contribution is 5.29. The Morgan fingerprint density at radius 3 is 2.43 bits per heavy atom. The highest BCUT2D eigenvalue weighted by Gasteiger charge is 2.33. The van der Waals surface area contributed by atoms with Crippen LogP contribution >= 0.6 is 0 Å². The monoisotopic (exact) mass is 308 g/mol. The summed E-state index contributed by atoms with van der Waals surface area (Å²) in [6.45, 7) is 1.72. The van der Waals surface area contributed by atoms with Crippen LogP contribution in [0.4, 0.5) is 22.0 Å². The fourth-order valence-corrected chi connectivity index (χ4v) is 2.61. The summed E-state index contributed by atoms with van der Waals surface area (Å²) in [6.07, 6.45) is -4.55. The summed E-state index contributed by atoms with van der Waals surface area (Å²) in [6, 6.07) is 1.66. The summed E-state index contributed by atoms with van der Waals surface area (Å²) in [5, 5.41) is 3.10. The first-order chi connectivity index (χ1) is 9.93. The van der Waals surface area contributed by atoms with Crippen molar-refractivity contribution in [1.29, 1.82) is 0 Å². The summed E-state index contributed by atoms with van der Waals surface area (Å²) >= 11 is 0. The van der Waals surface area contributed by atoms with Crippen LogP contribution < -0.4 is 5.32 Å². The Morgan fingerprint density at radius 1 is 1.19 bits per heavy atom. The fourth-order valence-electron chi connectivity index (χ4n) is 2.61. The number of hydrogen-bond acceptors (Lipinski definition) is 2. The number of nitrogens with zero attached hydrogens (tertiary/aromatic N) is 1. The largest absolute Gasteiger partial charge is 0.416 e. The normalized spacial score (nSPS) is 18.7. The molecule has 2 nitrogen and oxygen atoms in total. The molecule has 0 aliphatic carbocycles. The van der Waals surface area contributed by atoms with Gasteiger partial charge in [0.05, 0.1) is 12.2 Å². The average molecular weight is 308 g/mol. The second kappa shape index (κ2) is 6.70. The molecule has 0 saturated carbocycles. The van der Waals surface area contributed by atoms with Crippen molar-refractivity contribution >= 4 is 0 Å². The summed E-state index contributed by atoms with van der Waals surface area (Å²) in [5.74, 6) is -0.722. The summed E-state index contributed by atoms with van der Waals surface area (Å²) in [7, 11) is 0. The van der Waals surface area contributed by atoms with Gasteiger partial charge in [0.1, 0.15) is 5.82 Å². The third kappa shape index (κ3) is 3.91. The van der Waals surface area contributed by atoms with E-state index in [0.717, 1.165) is 12.1 Å². The molecule has 1 N–H and O–H groups in total. The first-order valence-electron chi connectivity index (χ1n) is 6.81. The van der Waals surface area contributed by atoms with Gasteiger partial charge in [-0.15, -0.1) is 0 Å². The number of benzene rings is 1. The molecule has 1 aliphatic heterocycles. The number of nitrogens with one attached hydrogen (secondary N) is 1. The van der Waals surface area contributed by atoms with Gasteiger partial charge < -0.3 is 5.32 Å². The van der Waals surface area contributed by atoms with Gasteiger partial charge in [-0.05, 0) is 24.6 Å². The van der Waals surface area contributed by atoms with Crippen LogP contribution in [0, 0.1) is 5.82 Å². The number of alkyl halides is 4. The topological polar surface area (TPSA) is 15.3 Å². The third-order valence-electron chi connectivity index (χ3n) is 3.66. The molecule has 2 rings (SSSR count). The van der Waals surface area contributed by atoms with Crippen molar-refractivity contribution in [3.05, 3.63) is 35.1 Å². The zero-order valence-electron chi connectivity index (χ0n) is 11.4. The van der Waals surface area contributed by atoms with Crippen LogP contribution in [-0.4, -0.2) is 37.8 Å². The SMILES string of the molecule is FCC[C@@H](c1cc(C(F)(F)F)ccc1F)N1CCNCC1. The van der Waals surface area contributed by atoms with Crippen LogP contribution in [0.25, 0.3) is 0 Å². The summed E-state index contributed by atoms with van der Waals surface area (Å²) < 4.78 is 65.0. The predicted octanol–water partition coefficient (Wildman–Crippen LogP) is 3.15. The van der Waals surface area contributed by atoms with Gasteiger partial charge in [0, 0.05) is 37.8 Å². The molecular formula is C14H17F5N2. The first kappa shape index (κ1) is 16.2. The van der Waals surface area contributed by atoms with Crippen LogP contribution in [0.5, 0.6) is 0 Å². The predicted molar refractivity (Wildman–Crippen MR) is 69.2 cm³/mol. The lowest BCUT2D eigenvalue weighted by Gasteiger charge is -2.35. The van der Waals surface area contributed by atoms with E-state index in [1.54, 1.807) is 0 Å². The van der Waals surface area contributed by atoms with Crippen molar-refractivity contribution in [2.45, 2.75) is 18.6 Å². The lowest BCUT2D eigenvalue weighted by atomic mass is 9.98. The van der Waals surface area contributed by atoms with E-state index < -0.39 is 30.3 Å². The molecule has 21 heavy (non-hydrogen) atoms. The maximum absolute atomic E-state index is 14.0. The molecule has 0 bridgehead atoms. The smallest absolute Gasteiger partial charge is 0.314 e. The number of halogens is 5. The van der Waals surface area contributed by atoms with Crippen LogP contribution in [0.2, 0.25) is 0 Å². The van der Waals surface area contributed by atoms with Gasteiger partial charge in [0.25, 0.3) is 0 Å². The van der Waals surface area contributed by atoms with Gasteiger partial charge >= 0.3 is 6.18 Å². The molecule has 1 aliphatic rings. The van der Waals surface area contributed by atoms with Gasteiger partial charge in [-0.3, -0.25) is 9.29 Å². The zero-order chi connectivity index (χ0) is 15.5. The summed E-state index contributed by atoms with van der Waals surface area (Å²) in [5.41, 5.74) is -0.984. The third-order valence-corrected chi connectivity index (χ3v) is 3.66. The van der Waals surface area contributed by atoms with Crippen molar-refractivity contribution < 1.29 is 22.0 Å². The van der Waals surface area contributed by atoms with Crippen LogP contribution in [0.15, 0.2) is 18.2 Å². The van der Waals surface area contributed by atoms with Crippen molar-refractivity contribution in [2.75, 3.05) is 32.9 Å². The molecule has 1 aromatic rings. The molecule has 0 spiro atoms. The van der Waals surface area contributed by atoms with E-state index in [4.69, 9.17) is 0 Å². The highest BCUT2D eigenvalue weighted by Crippen LogP contribution is 2.34. The maximum Gasteiger partial charge on any atom is 0.416 e. The second-order valence-corrected chi connectivity index (χ2v) is 5.01. The number of rotatable bonds is 4. The molecule has 7 heteroatoms. The van der Waals surface area contributed by atoms with E-state index in [1.807, 2.05) is 4.90 Å². The molecule has 1 saturated heterocycles. The van der Waals surface area contributed by atoms with E-state index in [2.05, 4.69) is 5.32 Å². The number of hydrogen-bond donors (Lipinski definition) is 1. The van der Waals surface area contributed by atoms with Gasteiger partial charge in [-0.25, -0.2) is 4.39 Å². The fraction of sp³-hybridized carbons (Fsp3) is 0.571. The zero-order valence-corrected chi connectivity index (χ0v) is 11.4. The standard InChI is InChI=1S/C14H17F5N2/c15-4-3-13(21-7-5-20-6-8-21)11-9-10(14(17,18)19)1-2-12(11)16/h1-2,9,13,20H,3-8H2/t13-/m0/s1. The molecule has 0 radical (unpaired) electrons. The molecule has 0 unspecified atom stereocenters. The Balaban J connectivity index is 2.34.